The first kappa shape index (κ1) is 18.3. The van der Waals surface area contributed by atoms with Gasteiger partial charge in [0.2, 0.25) is 0 Å². The molecule has 3 rings (SSSR count). The molecule has 0 saturated heterocycles. The molecule has 138 valence electrons. The second-order valence-corrected chi connectivity index (χ2v) is 6.02. The van der Waals surface area contributed by atoms with Gasteiger partial charge >= 0.3 is 12.0 Å². The number of aliphatic hydroxyl groups is 1. The summed E-state index contributed by atoms with van der Waals surface area (Å²) in [7, 11) is 0. The van der Waals surface area contributed by atoms with Gasteiger partial charge in [0.25, 0.3) is 0 Å². The fourth-order valence-electron chi connectivity index (χ4n) is 2.54. The zero-order valence-corrected chi connectivity index (χ0v) is 13.6. The maximum Gasteiger partial charge on any atom is 0.458 e. The molecule has 1 unspecified atom stereocenters. The van der Waals surface area contributed by atoms with E-state index < -0.39 is 18.4 Å². The molecule has 0 aromatic heterocycles. The third-order valence-corrected chi connectivity index (χ3v) is 3.99. The van der Waals surface area contributed by atoms with Crippen molar-refractivity contribution in [2.75, 3.05) is 0 Å². The van der Waals surface area contributed by atoms with E-state index in [2.05, 4.69) is 15.3 Å². The first-order chi connectivity index (χ1) is 12.3. The molecule has 0 radical (unpaired) electrons. The highest BCUT2D eigenvalue weighted by Crippen LogP contribution is 2.38. The van der Waals surface area contributed by atoms with E-state index in [1.807, 2.05) is 0 Å². The molecule has 1 aliphatic heterocycles. The van der Waals surface area contributed by atoms with Gasteiger partial charge < -0.3 is 15.3 Å². The van der Waals surface area contributed by atoms with Crippen molar-refractivity contribution in [2.45, 2.75) is 31.5 Å². The molecule has 1 aliphatic rings. The number of rotatable bonds is 5. The highest BCUT2D eigenvalue weighted by molar-refractivity contribution is 6.01. The Morgan fingerprint density at radius 3 is 2.38 bits per heavy atom. The second-order valence-electron chi connectivity index (χ2n) is 6.02. The molecule has 1 heterocycles. The molecule has 2 aromatic carbocycles. The van der Waals surface area contributed by atoms with E-state index in [4.69, 9.17) is 0 Å². The molecule has 0 spiro atoms. The summed E-state index contributed by atoms with van der Waals surface area (Å²) in [4.78, 5) is 4.20. The molecule has 0 saturated carbocycles. The third-order valence-electron chi connectivity index (χ3n) is 3.99. The van der Waals surface area contributed by atoms with Gasteiger partial charge in [-0.1, -0.05) is 41.6 Å². The monoisotopic (exact) mass is 368 g/mol. The average Bonchev–Trinajstić information content (AvgIpc) is 2.99. The Kier molecular flexibility index (Phi) is 4.97. The molecule has 8 heteroatoms. The predicted molar refractivity (Wildman–Crippen MR) is 86.6 cm³/mol. The van der Waals surface area contributed by atoms with Crippen molar-refractivity contribution in [3.8, 4) is 0 Å². The lowest BCUT2D eigenvalue weighted by molar-refractivity contribution is -0.355. The first-order valence-corrected chi connectivity index (χ1v) is 7.85. The van der Waals surface area contributed by atoms with Crippen molar-refractivity contribution in [1.82, 2.24) is 5.32 Å². The van der Waals surface area contributed by atoms with Crippen LogP contribution < -0.4 is 5.32 Å². The van der Waals surface area contributed by atoms with Crippen LogP contribution in [0.2, 0.25) is 0 Å². The number of nitrogens with zero attached hydrogens (tertiary/aromatic N) is 1. The average molecular weight is 368 g/mol. The minimum atomic E-state index is -4.92. The van der Waals surface area contributed by atoms with Crippen molar-refractivity contribution < 1.29 is 27.5 Å². The van der Waals surface area contributed by atoms with E-state index in [9.17, 15) is 22.7 Å². The molecule has 0 aliphatic carbocycles. The van der Waals surface area contributed by atoms with Crippen LogP contribution in [0.5, 0.6) is 0 Å². The standard InChI is InChI=1S/C18H16F4N2O2/c19-15-3-1-2-13(8-15)11-23-10-12-4-6-14(7-5-12)16-9-17(25,26-24-16)18(20,21)22/h1-8,23,25H,9-11H2. The molecule has 0 amide bonds. The van der Waals surface area contributed by atoms with Crippen LogP contribution in [0.4, 0.5) is 17.6 Å². The minimum Gasteiger partial charge on any atom is -0.350 e. The van der Waals surface area contributed by atoms with Crippen LogP contribution in [-0.2, 0) is 17.9 Å². The van der Waals surface area contributed by atoms with Crippen molar-refractivity contribution >= 4 is 5.71 Å². The van der Waals surface area contributed by atoms with Gasteiger partial charge in [0.05, 0.1) is 12.1 Å². The van der Waals surface area contributed by atoms with Crippen molar-refractivity contribution in [2.24, 2.45) is 5.16 Å². The molecule has 2 N–H and O–H groups in total. The largest absolute Gasteiger partial charge is 0.458 e. The lowest BCUT2D eigenvalue weighted by atomic mass is 10.0. The summed E-state index contributed by atoms with van der Waals surface area (Å²) in [6, 6.07) is 13.0. The van der Waals surface area contributed by atoms with Gasteiger partial charge in [-0.3, -0.25) is 0 Å². The van der Waals surface area contributed by atoms with Crippen LogP contribution >= 0.6 is 0 Å². The lowest BCUT2D eigenvalue weighted by Gasteiger charge is -2.22. The van der Waals surface area contributed by atoms with Gasteiger partial charge in [0.15, 0.2) is 0 Å². The highest BCUT2D eigenvalue weighted by atomic mass is 19.4. The maximum absolute atomic E-state index is 13.1. The fourth-order valence-corrected chi connectivity index (χ4v) is 2.54. The molecule has 0 fully saturated rings. The topological polar surface area (TPSA) is 53.8 Å². The summed E-state index contributed by atoms with van der Waals surface area (Å²) in [6.45, 7) is 0.991. The van der Waals surface area contributed by atoms with E-state index in [-0.39, 0.29) is 11.5 Å². The SMILES string of the molecule is OC1(C(F)(F)F)CC(c2ccc(CNCc3cccc(F)c3)cc2)=NO1. The fraction of sp³-hybridized carbons (Fsp3) is 0.278. The molecule has 2 aromatic rings. The van der Waals surface area contributed by atoms with Crippen LogP contribution in [0.3, 0.4) is 0 Å². The number of hydrogen-bond donors (Lipinski definition) is 2. The second kappa shape index (κ2) is 7.05. The Bertz CT molecular complexity index is 806. The van der Waals surface area contributed by atoms with Gasteiger partial charge in [-0.2, -0.15) is 13.2 Å². The Balaban J connectivity index is 1.56. The maximum atomic E-state index is 13.1. The first-order valence-electron chi connectivity index (χ1n) is 7.85. The number of alkyl halides is 3. The summed E-state index contributed by atoms with van der Waals surface area (Å²) in [5, 5.41) is 16.0. The molecule has 26 heavy (non-hydrogen) atoms. The van der Waals surface area contributed by atoms with Crippen LogP contribution in [0.25, 0.3) is 0 Å². The zero-order valence-electron chi connectivity index (χ0n) is 13.6. The number of halogens is 4. The molecular formula is C18H16F4N2O2. The van der Waals surface area contributed by atoms with Crippen LogP contribution in [0.1, 0.15) is 23.1 Å². The van der Waals surface area contributed by atoms with E-state index in [1.54, 1.807) is 36.4 Å². The van der Waals surface area contributed by atoms with Crippen LogP contribution in [0, 0.1) is 5.82 Å². The van der Waals surface area contributed by atoms with Gasteiger partial charge in [-0.05, 0) is 28.8 Å². The smallest absolute Gasteiger partial charge is 0.350 e. The summed E-state index contributed by atoms with van der Waals surface area (Å²) >= 11 is 0. The number of oxime groups is 1. The van der Waals surface area contributed by atoms with Crippen molar-refractivity contribution in [1.29, 1.82) is 0 Å². The molecule has 0 bridgehead atoms. The molecule has 1 atom stereocenters. The predicted octanol–water partition coefficient (Wildman–Crippen LogP) is 3.49. The van der Waals surface area contributed by atoms with E-state index in [1.165, 1.54) is 12.1 Å². The van der Waals surface area contributed by atoms with Gasteiger partial charge in [0, 0.05) is 13.1 Å². The number of nitrogens with one attached hydrogen (secondary N) is 1. The van der Waals surface area contributed by atoms with Crippen LogP contribution in [-0.4, -0.2) is 22.8 Å². The quantitative estimate of drug-likeness (QED) is 0.795. The third kappa shape index (κ3) is 4.03. The summed E-state index contributed by atoms with van der Waals surface area (Å²) < 4.78 is 51.3. The number of benzene rings is 2. The van der Waals surface area contributed by atoms with Gasteiger partial charge in [0.1, 0.15) is 5.82 Å². The Morgan fingerprint density at radius 2 is 1.77 bits per heavy atom. The minimum absolute atomic E-state index is 0.0316. The normalized spacial score (nSPS) is 20.0. The summed E-state index contributed by atoms with van der Waals surface area (Å²) in [5.74, 6) is -3.57. The summed E-state index contributed by atoms with van der Waals surface area (Å²) in [6.07, 6.45) is -5.67. The van der Waals surface area contributed by atoms with E-state index in [0.717, 1.165) is 11.1 Å². The van der Waals surface area contributed by atoms with Gasteiger partial charge in [-0.25, -0.2) is 4.39 Å². The van der Waals surface area contributed by atoms with Crippen molar-refractivity contribution in [3.63, 3.8) is 0 Å². The van der Waals surface area contributed by atoms with E-state index >= 15 is 0 Å². The number of hydrogen-bond acceptors (Lipinski definition) is 4. The molecular weight excluding hydrogens is 352 g/mol. The highest BCUT2D eigenvalue weighted by Gasteiger charge is 2.60. The Labute approximate surface area is 147 Å². The summed E-state index contributed by atoms with van der Waals surface area (Å²) in [5.41, 5.74) is 2.18. The van der Waals surface area contributed by atoms with E-state index in [0.29, 0.717) is 18.7 Å². The van der Waals surface area contributed by atoms with Gasteiger partial charge in [-0.15, -0.1) is 0 Å². The Hall–Kier alpha value is -2.45. The van der Waals surface area contributed by atoms with Crippen molar-refractivity contribution in [3.05, 3.63) is 71.0 Å². The molecule has 4 nitrogen and oxygen atoms in total. The lowest BCUT2D eigenvalue weighted by Crippen LogP contribution is -2.45. The zero-order chi connectivity index (χ0) is 18.8. The Morgan fingerprint density at radius 1 is 1.08 bits per heavy atom. The van der Waals surface area contributed by atoms with Crippen LogP contribution in [0.15, 0.2) is 53.7 Å².